The number of rotatable bonds is 9. The fraction of sp³-hybridized carbons (Fsp3) is 0.500. The fourth-order valence-corrected chi connectivity index (χ4v) is 1.62. The molecule has 0 aromatic heterocycles. The molecule has 112 valence electrons. The molecule has 0 saturated carbocycles. The molecule has 0 spiro atoms. The van der Waals surface area contributed by atoms with Gasteiger partial charge in [-0.1, -0.05) is 12.1 Å². The predicted molar refractivity (Wildman–Crippen MR) is 73.7 cm³/mol. The zero-order valence-electron chi connectivity index (χ0n) is 11.6. The number of hydrogen-bond acceptors (Lipinski definition) is 4. The molecule has 6 heteroatoms. The van der Waals surface area contributed by atoms with Gasteiger partial charge in [-0.05, 0) is 17.7 Å². The highest BCUT2D eigenvalue weighted by molar-refractivity contribution is 5.75. The first-order valence-corrected chi connectivity index (χ1v) is 6.53. The first kappa shape index (κ1) is 16.6. The topological polar surface area (TPSA) is 70.6 Å². The molecule has 0 radical (unpaired) electrons. The highest BCUT2D eigenvalue weighted by atomic mass is 19.1. The number of nitrogens with one attached hydrogen (secondary N) is 2. The molecule has 1 aromatic carbocycles. The summed E-state index contributed by atoms with van der Waals surface area (Å²) in [6, 6.07) is 5.70. The standard InChI is InChI=1S/C14H21FN2O3/c1-20-9-8-17-14(19)6-7-16-10-13(18)11-2-4-12(15)5-3-11/h2-5,13,16,18H,6-10H2,1H3,(H,17,19). The van der Waals surface area contributed by atoms with Crippen LogP contribution in [0.1, 0.15) is 18.1 Å². The Kier molecular flexibility index (Phi) is 7.79. The summed E-state index contributed by atoms with van der Waals surface area (Å²) in [5.41, 5.74) is 0.642. The lowest BCUT2D eigenvalue weighted by atomic mass is 10.1. The van der Waals surface area contributed by atoms with Crippen molar-refractivity contribution in [2.24, 2.45) is 0 Å². The van der Waals surface area contributed by atoms with Crippen LogP contribution in [0.5, 0.6) is 0 Å². The maximum atomic E-state index is 12.7. The summed E-state index contributed by atoms with van der Waals surface area (Å²) in [5, 5.41) is 15.5. The lowest BCUT2D eigenvalue weighted by Gasteiger charge is -2.12. The molecule has 1 unspecified atom stereocenters. The molecule has 1 aromatic rings. The quantitative estimate of drug-likeness (QED) is 0.581. The molecule has 0 fully saturated rings. The van der Waals surface area contributed by atoms with Gasteiger partial charge in [-0.25, -0.2) is 4.39 Å². The molecule has 0 heterocycles. The summed E-state index contributed by atoms with van der Waals surface area (Å²) in [5.74, 6) is -0.396. The Morgan fingerprint density at radius 1 is 1.35 bits per heavy atom. The van der Waals surface area contributed by atoms with Crippen molar-refractivity contribution in [2.45, 2.75) is 12.5 Å². The van der Waals surface area contributed by atoms with Crippen LogP contribution in [0.25, 0.3) is 0 Å². The van der Waals surface area contributed by atoms with E-state index in [1.807, 2.05) is 0 Å². The molecule has 0 saturated heterocycles. The Bertz CT molecular complexity index is 398. The number of aliphatic hydroxyl groups is 1. The molecule has 0 aliphatic carbocycles. The van der Waals surface area contributed by atoms with Crippen molar-refractivity contribution in [3.05, 3.63) is 35.6 Å². The number of benzene rings is 1. The maximum Gasteiger partial charge on any atom is 0.221 e. The molecule has 5 nitrogen and oxygen atoms in total. The predicted octanol–water partition coefficient (Wildman–Crippen LogP) is 0.601. The van der Waals surface area contributed by atoms with Crippen molar-refractivity contribution in [2.75, 3.05) is 33.4 Å². The molecule has 0 bridgehead atoms. The van der Waals surface area contributed by atoms with Crippen molar-refractivity contribution in [1.82, 2.24) is 10.6 Å². The van der Waals surface area contributed by atoms with E-state index in [1.165, 1.54) is 12.1 Å². The van der Waals surface area contributed by atoms with Gasteiger partial charge >= 0.3 is 0 Å². The first-order valence-electron chi connectivity index (χ1n) is 6.53. The van der Waals surface area contributed by atoms with Gasteiger partial charge in [0.15, 0.2) is 0 Å². The van der Waals surface area contributed by atoms with Gasteiger partial charge in [0, 0.05) is 33.2 Å². The molecule has 20 heavy (non-hydrogen) atoms. The number of hydrogen-bond donors (Lipinski definition) is 3. The van der Waals surface area contributed by atoms with E-state index < -0.39 is 6.10 Å². The summed E-state index contributed by atoms with van der Waals surface area (Å²) < 4.78 is 17.5. The van der Waals surface area contributed by atoms with Crippen LogP contribution in [-0.2, 0) is 9.53 Å². The molecule has 0 aliphatic heterocycles. The Morgan fingerprint density at radius 3 is 2.70 bits per heavy atom. The van der Waals surface area contributed by atoms with E-state index in [-0.39, 0.29) is 11.7 Å². The smallest absolute Gasteiger partial charge is 0.221 e. The van der Waals surface area contributed by atoms with E-state index in [4.69, 9.17) is 4.74 Å². The lowest BCUT2D eigenvalue weighted by molar-refractivity contribution is -0.121. The highest BCUT2D eigenvalue weighted by Crippen LogP contribution is 2.12. The van der Waals surface area contributed by atoms with Crippen LogP contribution in [0.4, 0.5) is 4.39 Å². The third kappa shape index (κ3) is 6.60. The van der Waals surface area contributed by atoms with Crippen LogP contribution >= 0.6 is 0 Å². The van der Waals surface area contributed by atoms with Crippen LogP contribution in [0.2, 0.25) is 0 Å². The summed E-state index contributed by atoms with van der Waals surface area (Å²) in [6.07, 6.45) is -0.382. The van der Waals surface area contributed by atoms with Gasteiger partial charge in [0.05, 0.1) is 12.7 Å². The molecule has 1 atom stereocenters. The molecule has 1 amide bonds. The van der Waals surface area contributed by atoms with Crippen LogP contribution in [-0.4, -0.2) is 44.4 Å². The second-order valence-electron chi connectivity index (χ2n) is 4.36. The largest absolute Gasteiger partial charge is 0.387 e. The van der Waals surface area contributed by atoms with Gasteiger partial charge in [0.1, 0.15) is 5.82 Å². The van der Waals surface area contributed by atoms with Crippen LogP contribution in [0.3, 0.4) is 0 Å². The summed E-state index contributed by atoms with van der Waals surface area (Å²) in [4.78, 5) is 11.4. The zero-order valence-corrected chi connectivity index (χ0v) is 11.6. The van der Waals surface area contributed by atoms with E-state index in [0.717, 1.165) is 0 Å². The lowest BCUT2D eigenvalue weighted by Crippen LogP contribution is -2.31. The Balaban J connectivity index is 2.14. The minimum absolute atomic E-state index is 0.0641. The minimum atomic E-state index is -0.716. The fourth-order valence-electron chi connectivity index (χ4n) is 1.62. The normalized spacial score (nSPS) is 12.2. The van der Waals surface area contributed by atoms with E-state index >= 15 is 0 Å². The van der Waals surface area contributed by atoms with Gasteiger partial charge in [-0.2, -0.15) is 0 Å². The Labute approximate surface area is 118 Å². The minimum Gasteiger partial charge on any atom is -0.387 e. The van der Waals surface area contributed by atoms with Gasteiger partial charge in [0.25, 0.3) is 0 Å². The summed E-state index contributed by atoms with van der Waals surface area (Å²) >= 11 is 0. The average molecular weight is 284 g/mol. The highest BCUT2D eigenvalue weighted by Gasteiger charge is 2.07. The van der Waals surface area contributed by atoms with E-state index in [0.29, 0.717) is 38.2 Å². The molecule has 0 aliphatic rings. The Hall–Kier alpha value is -1.50. The van der Waals surface area contributed by atoms with E-state index in [9.17, 15) is 14.3 Å². The third-order valence-electron chi connectivity index (χ3n) is 2.75. The molecule has 1 rings (SSSR count). The monoisotopic (exact) mass is 284 g/mol. The van der Waals surface area contributed by atoms with Gasteiger partial charge < -0.3 is 20.5 Å². The number of halogens is 1. The van der Waals surface area contributed by atoms with Crippen molar-refractivity contribution in [3.63, 3.8) is 0 Å². The second-order valence-corrected chi connectivity index (χ2v) is 4.36. The summed E-state index contributed by atoms with van der Waals surface area (Å²) in [6.45, 7) is 1.77. The number of carbonyl (C=O) groups excluding carboxylic acids is 1. The maximum absolute atomic E-state index is 12.7. The van der Waals surface area contributed by atoms with Crippen molar-refractivity contribution in [3.8, 4) is 0 Å². The number of aliphatic hydroxyl groups excluding tert-OH is 1. The van der Waals surface area contributed by atoms with Crippen molar-refractivity contribution in [1.29, 1.82) is 0 Å². The van der Waals surface area contributed by atoms with Crippen LogP contribution in [0.15, 0.2) is 24.3 Å². The van der Waals surface area contributed by atoms with E-state index in [2.05, 4.69) is 10.6 Å². The van der Waals surface area contributed by atoms with Crippen LogP contribution in [0, 0.1) is 5.82 Å². The zero-order chi connectivity index (χ0) is 14.8. The first-order chi connectivity index (χ1) is 9.63. The Morgan fingerprint density at radius 2 is 2.05 bits per heavy atom. The van der Waals surface area contributed by atoms with Gasteiger partial charge in [-0.15, -0.1) is 0 Å². The van der Waals surface area contributed by atoms with Gasteiger partial charge in [0.2, 0.25) is 5.91 Å². The SMILES string of the molecule is COCCNC(=O)CCNCC(O)c1ccc(F)cc1. The molecule has 3 N–H and O–H groups in total. The van der Waals surface area contributed by atoms with Crippen LogP contribution < -0.4 is 10.6 Å². The van der Waals surface area contributed by atoms with Crippen molar-refractivity contribution < 1.29 is 19.0 Å². The molecular formula is C14H21FN2O3. The second kappa shape index (κ2) is 9.41. The number of ether oxygens (including phenoxy) is 1. The van der Waals surface area contributed by atoms with Crippen molar-refractivity contribution >= 4 is 5.91 Å². The summed E-state index contributed by atoms with van der Waals surface area (Å²) in [7, 11) is 1.57. The number of amides is 1. The average Bonchev–Trinajstić information content (AvgIpc) is 2.44. The van der Waals surface area contributed by atoms with Gasteiger partial charge in [-0.3, -0.25) is 4.79 Å². The third-order valence-corrected chi connectivity index (χ3v) is 2.75. The molecular weight excluding hydrogens is 263 g/mol. The number of methoxy groups -OCH3 is 1. The number of carbonyl (C=O) groups is 1. The van der Waals surface area contributed by atoms with E-state index in [1.54, 1.807) is 19.2 Å².